The minimum atomic E-state index is -0.119. The largest absolute Gasteiger partial charge is 0.378 e. The second-order valence-corrected chi connectivity index (χ2v) is 7.71. The highest BCUT2D eigenvalue weighted by Crippen LogP contribution is 2.32. The molecular weight excluding hydrogens is 384 g/mol. The van der Waals surface area contributed by atoms with Crippen molar-refractivity contribution in [2.24, 2.45) is 0 Å². The first kappa shape index (κ1) is 20.1. The van der Waals surface area contributed by atoms with Crippen molar-refractivity contribution < 1.29 is 14.3 Å². The SMILES string of the molecule is CC(=O)Nc1ccc(Nc2nc(N3CCOCC3)nc3c2CN(C(C)C)C3=O)cc1. The van der Waals surface area contributed by atoms with Crippen molar-refractivity contribution in [1.82, 2.24) is 14.9 Å². The Hall–Kier alpha value is -3.20. The van der Waals surface area contributed by atoms with Crippen LogP contribution in [0.2, 0.25) is 0 Å². The topological polar surface area (TPSA) is 99.7 Å². The molecule has 30 heavy (non-hydrogen) atoms. The van der Waals surface area contributed by atoms with Crippen LogP contribution in [-0.4, -0.2) is 59.0 Å². The lowest BCUT2D eigenvalue weighted by Gasteiger charge is -2.27. The summed E-state index contributed by atoms with van der Waals surface area (Å²) >= 11 is 0. The molecular formula is C21H26N6O3. The maximum atomic E-state index is 12.9. The second kappa shape index (κ2) is 8.27. The van der Waals surface area contributed by atoms with Gasteiger partial charge in [-0.25, -0.2) is 4.98 Å². The molecule has 0 saturated carbocycles. The van der Waals surface area contributed by atoms with Gasteiger partial charge in [0.2, 0.25) is 11.9 Å². The summed E-state index contributed by atoms with van der Waals surface area (Å²) in [6.07, 6.45) is 0. The number of benzene rings is 1. The summed E-state index contributed by atoms with van der Waals surface area (Å²) in [4.78, 5) is 37.4. The van der Waals surface area contributed by atoms with Crippen molar-refractivity contribution in [2.75, 3.05) is 41.8 Å². The van der Waals surface area contributed by atoms with E-state index in [1.165, 1.54) is 6.92 Å². The number of hydrogen-bond acceptors (Lipinski definition) is 7. The molecule has 0 aliphatic carbocycles. The Balaban J connectivity index is 1.67. The number of nitrogens with zero attached hydrogens (tertiary/aromatic N) is 4. The first-order chi connectivity index (χ1) is 14.4. The molecule has 9 heteroatoms. The minimum absolute atomic E-state index is 0.0686. The van der Waals surface area contributed by atoms with Crippen LogP contribution in [0.5, 0.6) is 0 Å². The normalized spacial score (nSPS) is 16.1. The molecule has 2 aromatic rings. The van der Waals surface area contributed by atoms with Gasteiger partial charge in [-0.15, -0.1) is 0 Å². The zero-order chi connectivity index (χ0) is 21.3. The number of aromatic nitrogens is 2. The molecule has 158 valence electrons. The summed E-state index contributed by atoms with van der Waals surface area (Å²) in [5.74, 6) is 0.978. The summed E-state index contributed by atoms with van der Waals surface area (Å²) < 4.78 is 5.43. The van der Waals surface area contributed by atoms with Crippen molar-refractivity contribution in [2.45, 2.75) is 33.4 Å². The van der Waals surface area contributed by atoms with E-state index in [-0.39, 0.29) is 17.9 Å². The standard InChI is InChI=1S/C21H26N6O3/c1-13(2)27-12-17-18(20(27)29)24-21(26-8-10-30-11-9-26)25-19(17)23-16-6-4-15(5-7-16)22-14(3)28/h4-7,13H,8-12H2,1-3H3,(H,22,28)(H,23,24,25). The van der Waals surface area contributed by atoms with Gasteiger partial charge >= 0.3 is 0 Å². The second-order valence-electron chi connectivity index (χ2n) is 7.71. The number of amides is 2. The Morgan fingerprint density at radius 2 is 1.77 bits per heavy atom. The third-order valence-electron chi connectivity index (χ3n) is 5.17. The van der Waals surface area contributed by atoms with Crippen LogP contribution in [0, 0.1) is 0 Å². The van der Waals surface area contributed by atoms with Crippen molar-refractivity contribution in [1.29, 1.82) is 0 Å². The lowest BCUT2D eigenvalue weighted by molar-refractivity contribution is -0.114. The van der Waals surface area contributed by atoms with Crippen LogP contribution in [0.3, 0.4) is 0 Å². The molecule has 9 nitrogen and oxygen atoms in total. The number of anilines is 4. The molecule has 4 rings (SSSR count). The van der Waals surface area contributed by atoms with Crippen molar-refractivity contribution >= 4 is 35.0 Å². The van der Waals surface area contributed by atoms with Crippen LogP contribution in [0.15, 0.2) is 24.3 Å². The highest BCUT2D eigenvalue weighted by Gasteiger charge is 2.35. The fourth-order valence-corrected chi connectivity index (χ4v) is 3.58. The number of carbonyl (C=O) groups excluding carboxylic acids is 2. The van der Waals surface area contributed by atoms with Gasteiger partial charge in [0.1, 0.15) is 11.5 Å². The fourth-order valence-electron chi connectivity index (χ4n) is 3.58. The smallest absolute Gasteiger partial charge is 0.273 e. The minimum Gasteiger partial charge on any atom is -0.378 e. The van der Waals surface area contributed by atoms with Gasteiger partial charge in [0.25, 0.3) is 5.91 Å². The number of carbonyl (C=O) groups is 2. The predicted molar refractivity (Wildman–Crippen MR) is 114 cm³/mol. The Morgan fingerprint density at radius 3 is 2.40 bits per heavy atom. The van der Waals surface area contributed by atoms with Crippen molar-refractivity contribution in [3.63, 3.8) is 0 Å². The Bertz CT molecular complexity index is 954. The highest BCUT2D eigenvalue weighted by atomic mass is 16.5. The van der Waals surface area contributed by atoms with Crippen LogP contribution < -0.4 is 15.5 Å². The summed E-state index contributed by atoms with van der Waals surface area (Å²) in [6.45, 7) is 8.53. The van der Waals surface area contributed by atoms with Gasteiger partial charge in [-0.3, -0.25) is 9.59 Å². The van der Waals surface area contributed by atoms with Gasteiger partial charge in [-0.05, 0) is 38.1 Å². The first-order valence-corrected chi connectivity index (χ1v) is 10.1. The third kappa shape index (κ3) is 4.06. The number of fused-ring (bicyclic) bond motifs is 1. The quantitative estimate of drug-likeness (QED) is 0.781. The first-order valence-electron chi connectivity index (χ1n) is 10.1. The monoisotopic (exact) mass is 410 g/mol. The van der Waals surface area contributed by atoms with E-state index >= 15 is 0 Å². The zero-order valence-electron chi connectivity index (χ0n) is 17.4. The van der Waals surface area contributed by atoms with Gasteiger partial charge in [0.15, 0.2) is 0 Å². The summed E-state index contributed by atoms with van der Waals surface area (Å²) in [5.41, 5.74) is 2.79. The summed E-state index contributed by atoms with van der Waals surface area (Å²) in [6, 6.07) is 7.44. The van der Waals surface area contributed by atoms with Gasteiger partial charge in [-0.1, -0.05) is 0 Å². The van der Waals surface area contributed by atoms with Crippen LogP contribution in [0.1, 0.15) is 36.8 Å². The van der Waals surface area contributed by atoms with E-state index in [0.29, 0.717) is 50.3 Å². The summed E-state index contributed by atoms with van der Waals surface area (Å²) in [5, 5.41) is 6.10. The number of ether oxygens (including phenoxy) is 1. The van der Waals surface area contributed by atoms with Crippen molar-refractivity contribution in [3.8, 4) is 0 Å². The molecule has 0 radical (unpaired) electrons. The van der Waals surface area contributed by atoms with E-state index in [1.807, 2.05) is 43.0 Å². The van der Waals surface area contributed by atoms with Gasteiger partial charge in [0, 0.05) is 43.0 Å². The molecule has 1 aromatic carbocycles. The van der Waals surface area contributed by atoms with Crippen molar-refractivity contribution in [3.05, 3.63) is 35.5 Å². The highest BCUT2D eigenvalue weighted by molar-refractivity contribution is 5.98. The molecule has 2 aliphatic heterocycles. The van der Waals surface area contributed by atoms with Crippen LogP contribution in [0.4, 0.5) is 23.1 Å². The van der Waals surface area contributed by atoms with Crippen LogP contribution in [-0.2, 0) is 16.1 Å². The maximum absolute atomic E-state index is 12.9. The molecule has 2 aliphatic rings. The van der Waals surface area contributed by atoms with E-state index in [9.17, 15) is 9.59 Å². The Kier molecular flexibility index (Phi) is 5.54. The maximum Gasteiger partial charge on any atom is 0.273 e. The third-order valence-corrected chi connectivity index (χ3v) is 5.17. The predicted octanol–water partition coefficient (Wildman–Crippen LogP) is 2.38. The summed E-state index contributed by atoms with van der Waals surface area (Å²) in [7, 11) is 0. The van der Waals surface area contributed by atoms with Gasteiger partial charge in [0.05, 0.1) is 19.8 Å². The van der Waals surface area contributed by atoms with E-state index in [0.717, 1.165) is 16.9 Å². The molecule has 1 saturated heterocycles. The average Bonchev–Trinajstić information content (AvgIpc) is 3.07. The molecule has 2 N–H and O–H groups in total. The molecule has 0 spiro atoms. The number of hydrogen-bond donors (Lipinski definition) is 2. The van der Waals surface area contributed by atoms with E-state index in [1.54, 1.807) is 4.90 Å². The lowest BCUT2D eigenvalue weighted by atomic mass is 10.2. The van der Waals surface area contributed by atoms with E-state index in [2.05, 4.69) is 15.6 Å². The number of morpholine rings is 1. The van der Waals surface area contributed by atoms with Crippen LogP contribution >= 0.6 is 0 Å². The zero-order valence-corrected chi connectivity index (χ0v) is 17.4. The fraction of sp³-hybridized carbons (Fsp3) is 0.429. The number of nitrogens with one attached hydrogen (secondary N) is 2. The average molecular weight is 410 g/mol. The molecule has 1 fully saturated rings. The Morgan fingerprint density at radius 1 is 1.10 bits per heavy atom. The number of rotatable bonds is 5. The lowest BCUT2D eigenvalue weighted by Crippen LogP contribution is -2.37. The molecule has 0 bridgehead atoms. The molecule has 3 heterocycles. The molecule has 0 unspecified atom stereocenters. The van der Waals surface area contributed by atoms with E-state index < -0.39 is 0 Å². The molecule has 2 amide bonds. The van der Waals surface area contributed by atoms with E-state index in [4.69, 9.17) is 9.72 Å². The molecule has 1 aromatic heterocycles. The Labute approximate surface area is 175 Å². The van der Waals surface area contributed by atoms with Crippen LogP contribution in [0.25, 0.3) is 0 Å². The van der Waals surface area contributed by atoms with Gasteiger partial charge in [-0.2, -0.15) is 4.98 Å². The van der Waals surface area contributed by atoms with Gasteiger partial charge < -0.3 is 25.2 Å². The molecule has 0 atom stereocenters.